The van der Waals surface area contributed by atoms with Crippen LogP contribution in [0.3, 0.4) is 0 Å². The topological polar surface area (TPSA) is 39.1 Å². The molecule has 0 unspecified atom stereocenters. The van der Waals surface area contributed by atoms with Gasteiger partial charge in [0.25, 0.3) is 0 Å². The molecule has 3 nitrogen and oxygen atoms in total. The third-order valence-corrected chi connectivity index (χ3v) is 4.94. The van der Waals surface area contributed by atoms with E-state index in [-0.39, 0.29) is 5.82 Å². The molecule has 0 radical (unpaired) electrons. The van der Waals surface area contributed by atoms with E-state index < -0.39 is 0 Å². The third kappa shape index (κ3) is 4.72. The fraction of sp³-hybridized carbons (Fsp3) is 0.160. The number of nitrogens with one attached hydrogen (secondary N) is 2. The molecule has 0 aromatic heterocycles. The maximum Gasteiger partial charge on any atom is 0.128 e. The zero-order chi connectivity index (χ0) is 20.8. The Kier molecular flexibility index (Phi) is 6.45. The van der Waals surface area contributed by atoms with E-state index in [1.165, 1.54) is 6.21 Å². The molecule has 0 amide bonds. The highest BCUT2D eigenvalue weighted by atomic mass is 19.1. The fourth-order valence-corrected chi connectivity index (χ4v) is 3.35. The molecule has 3 aromatic carbocycles. The summed E-state index contributed by atoms with van der Waals surface area (Å²) in [6, 6.07) is 19.3. The Morgan fingerprint density at radius 1 is 1.03 bits per heavy atom. The van der Waals surface area contributed by atoms with Crippen LogP contribution in [0, 0.1) is 11.2 Å². The van der Waals surface area contributed by atoms with Crippen LogP contribution in [0.4, 0.5) is 15.8 Å². The monoisotopic (exact) mass is 387 g/mol. The van der Waals surface area contributed by atoms with Crippen LogP contribution < -0.4 is 10.2 Å². The summed E-state index contributed by atoms with van der Waals surface area (Å²) in [5.41, 5.74) is 6.15. The Hall–Kier alpha value is -3.40. The number of benzene rings is 3. The lowest BCUT2D eigenvalue weighted by atomic mass is 10.0. The summed E-state index contributed by atoms with van der Waals surface area (Å²) in [6.07, 6.45) is 5.36. The number of anilines is 2. The van der Waals surface area contributed by atoms with Gasteiger partial charge in [0.15, 0.2) is 0 Å². The summed E-state index contributed by atoms with van der Waals surface area (Å²) in [4.78, 5) is 2.04. The molecule has 0 spiro atoms. The van der Waals surface area contributed by atoms with Gasteiger partial charge in [-0.15, -0.1) is 0 Å². The highest BCUT2D eigenvalue weighted by Gasteiger charge is 2.10. The molecule has 0 atom stereocenters. The van der Waals surface area contributed by atoms with E-state index in [4.69, 9.17) is 5.41 Å². The van der Waals surface area contributed by atoms with Gasteiger partial charge in [-0.05, 0) is 53.9 Å². The van der Waals surface area contributed by atoms with Crippen molar-refractivity contribution in [1.82, 2.24) is 0 Å². The first-order valence-electron chi connectivity index (χ1n) is 9.60. The molecule has 3 aromatic rings. The van der Waals surface area contributed by atoms with Crippen LogP contribution in [0.25, 0.3) is 17.2 Å². The normalized spacial score (nSPS) is 10.9. The molecule has 0 bridgehead atoms. The van der Waals surface area contributed by atoms with Gasteiger partial charge in [0, 0.05) is 49.4 Å². The molecule has 0 aliphatic rings. The summed E-state index contributed by atoms with van der Waals surface area (Å²) >= 11 is 0. The van der Waals surface area contributed by atoms with Gasteiger partial charge in [0.05, 0.1) is 0 Å². The van der Waals surface area contributed by atoms with E-state index in [0.29, 0.717) is 12.1 Å². The largest absolute Gasteiger partial charge is 0.388 e. The molecular weight excluding hydrogens is 361 g/mol. The minimum atomic E-state index is -0.229. The smallest absolute Gasteiger partial charge is 0.128 e. The molecule has 0 aliphatic heterocycles. The maximum absolute atomic E-state index is 14.8. The zero-order valence-electron chi connectivity index (χ0n) is 17.0. The van der Waals surface area contributed by atoms with Crippen LogP contribution in [0.5, 0.6) is 0 Å². The van der Waals surface area contributed by atoms with E-state index in [2.05, 4.69) is 23.5 Å². The van der Waals surface area contributed by atoms with Crippen molar-refractivity contribution in [2.24, 2.45) is 0 Å². The second-order valence-electron chi connectivity index (χ2n) is 6.95. The van der Waals surface area contributed by atoms with Crippen LogP contribution in [-0.2, 0) is 6.54 Å². The predicted octanol–water partition coefficient (Wildman–Crippen LogP) is 6.20. The summed E-state index contributed by atoms with van der Waals surface area (Å²) in [5, 5.41) is 10.6. The van der Waals surface area contributed by atoms with Crippen molar-refractivity contribution in [3.63, 3.8) is 0 Å². The predicted molar refractivity (Wildman–Crippen MR) is 123 cm³/mol. The molecule has 0 heterocycles. The van der Waals surface area contributed by atoms with Gasteiger partial charge in [-0.3, -0.25) is 0 Å². The van der Waals surface area contributed by atoms with Crippen LogP contribution in [-0.4, -0.2) is 20.3 Å². The molecule has 148 valence electrons. The number of hydrogen-bond acceptors (Lipinski definition) is 3. The number of halogens is 1. The number of allylic oxidation sites excluding steroid dienone is 1. The van der Waals surface area contributed by atoms with Crippen molar-refractivity contribution in [2.75, 3.05) is 24.3 Å². The number of hydrogen-bond donors (Lipinski definition) is 2. The van der Waals surface area contributed by atoms with Crippen molar-refractivity contribution in [1.29, 1.82) is 5.41 Å². The molecule has 29 heavy (non-hydrogen) atoms. The first-order valence-corrected chi connectivity index (χ1v) is 9.60. The van der Waals surface area contributed by atoms with Crippen LogP contribution in [0.2, 0.25) is 0 Å². The Morgan fingerprint density at radius 2 is 1.79 bits per heavy atom. The van der Waals surface area contributed by atoms with Gasteiger partial charge < -0.3 is 15.6 Å². The van der Waals surface area contributed by atoms with E-state index in [1.54, 1.807) is 6.07 Å². The summed E-state index contributed by atoms with van der Waals surface area (Å²) in [5.74, 6) is -0.229. The molecule has 2 N–H and O–H groups in total. The Balaban J connectivity index is 1.83. The second-order valence-corrected chi connectivity index (χ2v) is 6.95. The molecule has 4 heteroatoms. The van der Waals surface area contributed by atoms with Crippen molar-refractivity contribution in [3.05, 3.63) is 89.2 Å². The van der Waals surface area contributed by atoms with Crippen molar-refractivity contribution in [3.8, 4) is 11.1 Å². The zero-order valence-corrected chi connectivity index (χ0v) is 17.0. The van der Waals surface area contributed by atoms with Crippen molar-refractivity contribution >= 4 is 23.7 Å². The van der Waals surface area contributed by atoms with Crippen molar-refractivity contribution in [2.45, 2.75) is 13.5 Å². The quantitative estimate of drug-likeness (QED) is 0.474. The Bertz CT molecular complexity index is 1040. The van der Waals surface area contributed by atoms with Gasteiger partial charge >= 0.3 is 0 Å². The van der Waals surface area contributed by atoms with E-state index in [9.17, 15) is 4.39 Å². The highest BCUT2D eigenvalue weighted by molar-refractivity contribution is 5.88. The third-order valence-electron chi connectivity index (χ3n) is 4.94. The minimum Gasteiger partial charge on any atom is -0.388 e. The Morgan fingerprint density at radius 3 is 2.48 bits per heavy atom. The summed E-state index contributed by atoms with van der Waals surface area (Å²) in [6.45, 7) is 2.47. The molecule has 0 saturated carbocycles. The highest BCUT2D eigenvalue weighted by Crippen LogP contribution is 2.27. The van der Waals surface area contributed by atoms with Gasteiger partial charge in [-0.25, -0.2) is 4.39 Å². The minimum absolute atomic E-state index is 0.229. The lowest BCUT2D eigenvalue weighted by Gasteiger charge is -2.20. The summed E-state index contributed by atoms with van der Waals surface area (Å²) < 4.78 is 14.8. The Labute approximate surface area is 172 Å². The molecular formula is C25H26FN3. The standard InChI is InChI=1S/C25H26FN3/c1-4-6-18-7-5-8-23(13-18)29(3)17-21-10-9-20(15-24(21)26)19-11-12-25(28-2)22(14-19)16-27/h4-16,27-28H,17H2,1-3H3/b6-4+,27-16?. The fourth-order valence-electron chi connectivity index (χ4n) is 3.35. The van der Waals surface area contributed by atoms with Gasteiger partial charge in [0.1, 0.15) is 5.82 Å². The lowest BCUT2D eigenvalue weighted by Crippen LogP contribution is -2.17. The number of nitrogens with zero attached hydrogens (tertiary/aromatic N) is 1. The van der Waals surface area contributed by atoms with Crippen LogP contribution in [0.15, 0.2) is 66.7 Å². The average molecular weight is 388 g/mol. The first kappa shape index (κ1) is 20.3. The SMILES string of the molecule is C/C=C/c1cccc(N(C)Cc2ccc(-c3ccc(NC)c(C=N)c3)cc2F)c1. The van der Waals surface area contributed by atoms with E-state index in [1.807, 2.05) is 74.5 Å². The molecule has 0 saturated heterocycles. The van der Waals surface area contributed by atoms with Gasteiger partial charge in [-0.2, -0.15) is 0 Å². The molecule has 0 aliphatic carbocycles. The van der Waals surface area contributed by atoms with E-state index in [0.717, 1.165) is 33.6 Å². The van der Waals surface area contributed by atoms with Crippen LogP contribution >= 0.6 is 0 Å². The van der Waals surface area contributed by atoms with E-state index >= 15 is 0 Å². The first-order chi connectivity index (χ1) is 14.0. The molecule has 0 fully saturated rings. The lowest BCUT2D eigenvalue weighted by molar-refractivity contribution is 0.608. The molecule has 3 rings (SSSR count). The second kappa shape index (κ2) is 9.20. The summed E-state index contributed by atoms with van der Waals surface area (Å²) in [7, 11) is 3.79. The van der Waals surface area contributed by atoms with Crippen molar-refractivity contribution < 1.29 is 4.39 Å². The van der Waals surface area contributed by atoms with Gasteiger partial charge in [0.2, 0.25) is 0 Å². The van der Waals surface area contributed by atoms with Crippen LogP contribution in [0.1, 0.15) is 23.6 Å². The van der Waals surface area contributed by atoms with Gasteiger partial charge in [-0.1, -0.05) is 42.5 Å². The number of rotatable bonds is 7. The maximum atomic E-state index is 14.8. The average Bonchev–Trinajstić information content (AvgIpc) is 2.75.